The summed E-state index contributed by atoms with van der Waals surface area (Å²) in [7, 11) is 0. The van der Waals surface area contributed by atoms with Crippen molar-refractivity contribution >= 4 is 33.1 Å². The number of nitrogens with two attached hydrogens (primary N) is 1. The van der Waals surface area contributed by atoms with Gasteiger partial charge in [-0.05, 0) is 58.7 Å². The monoisotopic (exact) mass is 357 g/mol. The van der Waals surface area contributed by atoms with E-state index in [1.54, 1.807) is 13.0 Å². The fourth-order valence-corrected chi connectivity index (χ4v) is 2.49. The molecule has 0 unspecified atom stereocenters. The first-order chi connectivity index (χ1) is 9.40. The van der Waals surface area contributed by atoms with E-state index in [4.69, 9.17) is 22.7 Å². The fraction of sp³-hybridized carbons (Fsp3) is 0.0714. The summed E-state index contributed by atoms with van der Waals surface area (Å²) in [6.45, 7) is 1.68. The van der Waals surface area contributed by atoms with Gasteiger partial charge in [0.1, 0.15) is 16.6 Å². The van der Waals surface area contributed by atoms with Crippen LogP contribution in [0.4, 0.5) is 8.78 Å². The third-order valence-electron chi connectivity index (χ3n) is 2.67. The molecule has 20 heavy (non-hydrogen) atoms. The van der Waals surface area contributed by atoms with Gasteiger partial charge in [0.05, 0.1) is 4.47 Å². The highest BCUT2D eigenvalue weighted by Gasteiger charge is 2.15. The Labute approximate surface area is 128 Å². The third kappa shape index (κ3) is 2.96. The molecular weight excluding hydrogens is 348 g/mol. The molecule has 6 heteroatoms. The molecule has 0 heterocycles. The van der Waals surface area contributed by atoms with E-state index in [0.29, 0.717) is 16.9 Å². The number of hydrogen-bond acceptors (Lipinski definition) is 2. The summed E-state index contributed by atoms with van der Waals surface area (Å²) in [5.74, 6) is -0.605. The van der Waals surface area contributed by atoms with Gasteiger partial charge >= 0.3 is 0 Å². The van der Waals surface area contributed by atoms with Crippen LogP contribution >= 0.6 is 28.1 Å². The molecule has 2 N–H and O–H groups in total. The van der Waals surface area contributed by atoms with E-state index in [1.165, 1.54) is 24.3 Å². The lowest BCUT2D eigenvalue weighted by atomic mass is 10.2. The predicted molar refractivity (Wildman–Crippen MR) is 81.2 cm³/mol. The number of thiocarbonyl (C=S) groups is 1. The molecule has 0 aromatic heterocycles. The first-order valence-electron chi connectivity index (χ1n) is 5.62. The van der Waals surface area contributed by atoms with Gasteiger partial charge in [0.25, 0.3) is 0 Å². The maximum Gasteiger partial charge on any atom is 0.180 e. The average molecular weight is 358 g/mol. The molecule has 2 rings (SSSR count). The SMILES string of the molecule is Cc1cc(F)ccc1Oc1ccc(C(N)=S)c(Br)c1F. The van der Waals surface area contributed by atoms with Crippen LogP contribution in [0, 0.1) is 18.6 Å². The van der Waals surface area contributed by atoms with Crippen LogP contribution in [-0.4, -0.2) is 4.99 Å². The maximum atomic E-state index is 14.2. The molecule has 2 aromatic rings. The molecular formula is C14H10BrF2NOS. The minimum Gasteiger partial charge on any atom is -0.454 e. The number of halogens is 3. The van der Waals surface area contributed by atoms with E-state index in [1.807, 2.05) is 0 Å². The Morgan fingerprint density at radius 3 is 2.45 bits per heavy atom. The maximum absolute atomic E-state index is 14.2. The Kier molecular flexibility index (Phi) is 4.35. The zero-order valence-electron chi connectivity index (χ0n) is 10.4. The number of aryl methyl sites for hydroxylation is 1. The Balaban J connectivity index is 2.39. The van der Waals surface area contributed by atoms with Crippen molar-refractivity contribution in [3.63, 3.8) is 0 Å². The van der Waals surface area contributed by atoms with Gasteiger partial charge in [0.15, 0.2) is 11.6 Å². The molecule has 0 fully saturated rings. The van der Waals surface area contributed by atoms with E-state index < -0.39 is 5.82 Å². The molecule has 0 aliphatic rings. The molecule has 0 aliphatic heterocycles. The van der Waals surface area contributed by atoms with Crippen LogP contribution in [-0.2, 0) is 0 Å². The molecule has 2 nitrogen and oxygen atoms in total. The summed E-state index contributed by atoms with van der Waals surface area (Å²) >= 11 is 7.91. The highest BCUT2D eigenvalue weighted by Crippen LogP contribution is 2.33. The normalized spacial score (nSPS) is 10.4. The Bertz CT molecular complexity index is 691. The van der Waals surface area contributed by atoms with E-state index >= 15 is 0 Å². The van der Waals surface area contributed by atoms with Crippen LogP contribution in [0.5, 0.6) is 11.5 Å². The van der Waals surface area contributed by atoms with Gasteiger partial charge in [-0.3, -0.25) is 0 Å². The lowest BCUT2D eigenvalue weighted by molar-refractivity contribution is 0.436. The molecule has 0 radical (unpaired) electrons. The number of ether oxygens (including phenoxy) is 1. The molecule has 0 spiro atoms. The van der Waals surface area contributed by atoms with Crippen LogP contribution in [0.2, 0.25) is 0 Å². The van der Waals surface area contributed by atoms with Crippen LogP contribution in [0.25, 0.3) is 0 Å². The summed E-state index contributed by atoms with van der Waals surface area (Å²) in [5, 5.41) is 0. The highest BCUT2D eigenvalue weighted by atomic mass is 79.9. The first-order valence-corrected chi connectivity index (χ1v) is 6.82. The molecule has 0 bridgehead atoms. The minimum absolute atomic E-state index is 0.00610. The second-order valence-electron chi connectivity index (χ2n) is 4.12. The average Bonchev–Trinajstić information content (AvgIpc) is 2.37. The van der Waals surface area contributed by atoms with E-state index in [9.17, 15) is 8.78 Å². The molecule has 0 saturated carbocycles. The second kappa shape index (κ2) is 5.85. The van der Waals surface area contributed by atoms with E-state index in [0.717, 1.165) is 0 Å². The molecule has 0 aliphatic carbocycles. The second-order valence-corrected chi connectivity index (χ2v) is 5.35. The standard InChI is InChI=1S/C14H10BrF2NOS/c1-7-6-8(16)2-4-10(7)19-11-5-3-9(14(18)20)12(15)13(11)17/h2-6H,1H3,(H2,18,20). The van der Waals surface area contributed by atoms with Crippen molar-refractivity contribution < 1.29 is 13.5 Å². The van der Waals surface area contributed by atoms with Crippen molar-refractivity contribution in [3.05, 3.63) is 57.6 Å². The number of rotatable bonds is 3. The smallest absolute Gasteiger partial charge is 0.180 e. The van der Waals surface area contributed by atoms with Crippen LogP contribution in [0.15, 0.2) is 34.8 Å². The summed E-state index contributed by atoms with van der Waals surface area (Å²) < 4.78 is 32.8. The van der Waals surface area contributed by atoms with Crippen molar-refractivity contribution in [2.75, 3.05) is 0 Å². The van der Waals surface area contributed by atoms with Crippen LogP contribution in [0.3, 0.4) is 0 Å². The quantitative estimate of drug-likeness (QED) is 0.823. The van der Waals surface area contributed by atoms with Crippen molar-refractivity contribution in [3.8, 4) is 11.5 Å². The third-order valence-corrected chi connectivity index (χ3v) is 3.66. The Morgan fingerprint density at radius 2 is 1.85 bits per heavy atom. The summed E-state index contributed by atoms with van der Waals surface area (Å²) in [5.41, 5.74) is 6.44. The van der Waals surface area contributed by atoms with Gasteiger partial charge in [-0.25, -0.2) is 8.78 Å². The highest BCUT2D eigenvalue weighted by molar-refractivity contribution is 9.10. The molecule has 104 valence electrons. The van der Waals surface area contributed by atoms with E-state index in [-0.39, 0.29) is 21.0 Å². The zero-order valence-corrected chi connectivity index (χ0v) is 12.8. The summed E-state index contributed by atoms with van der Waals surface area (Å²) in [6.07, 6.45) is 0. The number of benzene rings is 2. The van der Waals surface area contributed by atoms with Gasteiger partial charge in [0, 0.05) is 5.56 Å². The lowest BCUT2D eigenvalue weighted by Gasteiger charge is -2.12. The molecule has 0 amide bonds. The minimum atomic E-state index is -0.612. The number of hydrogen-bond donors (Lipinski definition) is 1. The van der Waals surface area contributed by atoms with Gasteiger partial charge in [-0.15, -0.1) is 0 Å². The zero-order chi connectivity index (χ0) is 14.9. The lowest BCUT2D eigenvalue weighted by Crippen LogP contribution is -2.11. The van der Waals surface area contributed by atoms with Crippen LogP contribution in [0.1, 0.15) is 11.1 Å². The largest absolute Gasteiger partial charge is 0.454 e. The molecule has 0 saturated heterocycles. The molecule has 2 aromatic carbocycles. The van der Waals surface area contributed by atoms with Crippen molar-refractivity contribution in [2.45, 2.75) is 6.92 Å². The summed E-state index contributed by atoms with van der Waals surface area (Å²) in [4.78, 5) is 0.0836. The fourth-order valence-electron chi connectivity index (χ4n) is 1.65. The van der Waals surface area contributed by atoms with Crippen molar-refractivity contribution in [1.82, 2.24) is 0 Å². The topological polar surface area (TPSA) is 35.2 Å². The van der Waals surface area contributed by atoms with E-state index in [2.05, 4.69) is 15.9 Å². The van der Waals surface area contributed by atoms with Crippen LogP contribution < -0.4 is 10.5 Å². The first kappa shape index (κ1) is 14.9. The van der Waals surface area contributed by atoms with Gasteiger partial charge in [0.2, 0.25) is 0 Å². The predicted octanol–water partition coefficient (Wildman–Crippen LogP) is 4.46. The summed E-state index contributed by atoms with van der Waals surface area (Å²) in [6, 6.07) is 6.99. The molecule has 0 atom stereocenters. The van der Waals surface area contributed by atoms with Crippen molar-refractivity contribution in [1.29, 1.82) is 0 Å². The van der Waals surface area contributed by atoms with Crippen molar-refractivity contribution in [2.24, 2.45) is 5.73 Å². The Morgan fingerprint density at radius 1 is 1.20 bits per heavy atom. The van der Waals surface area contributed by atoms with Gasteiger partial charge in [-0.1, -0.05) is 12.2 Å². The Hall–Kier alpha value is -1.53. The van der Waals surface area contributed by atoms with Gasteiger partial charge < -0.3 is 10.5 Å². The van der Waals surface area contributed by atoms with Gasteiger partial charge in [-0.2, -0.15) is 0 Å².